The molecule has 1 heterocycles. The average molecular weight is 335 g/mol. The summed E-state index contributed by atoms with van der Waals surface area (Å²) in [7, 11) is 0. The van der Waals surface area contributed by atoms with Gasteiger partial charge in [-0.05, 0) is 32.6 Å². The van der Waals surface area contributed by atoms with E-state index in [0.717, 1.165) is 31.5 Å². The summed E-state index contributed by atoms with van der Waals surface area (Å²) in [5.74, 6) is 0.769. The molecule has 1 atom stereocenters. The molecule has 0 radical (unpaired) electrons. The number of carbonyl (C=O) groups excluding carboxylic acids is 2. The second-order valence-corrected chi connectivity index (χ2v) is 6.85. The molecule has 5 nitrogen and oxygen atoms in total. The van der Waals surface area contributed by atoms with Gasteiger partial charge in [-0.3, -0.25) is 9.48 Å². The molecule has 136 valence electrons. The van der Waals surface area contributed by atoms with E-state index in [1.807, 2.05) is 10.9 Å². The Kier molecular flexibility index (Phi) is 10.2. The van der Waals surface area contributed by atoms with Gasteiger partial charge in [0.1, 0.15) is 11.6 Å². The molecule has 1 aromatic heterocycles. The Labute approximate surface area is 146 Å². The van der Waals surface area contributed by atoms with Crippen molar-refractivity contribution >= 4 is 11.6 Å². The topological polar surface area (TPSA) is 64.8 Å². The Bertz CT molecular complexity index is 497. The van der Waals surface area contributed by atoms with Gasteiger partial charge in [-0.25, -0.2) is 0 Å². The lowest BCUT2D eigenvalue weighted by molar-refractivity contribution is -0.122. The second kappa shape index (κ2) is 11.9. The lowest BCUT2D eigenvalue weighted by Gasteiger charge is -2.10. The highest BCUT2D eigenvalue weighted by Crippen LogP contribution is 2.14. The Balaban J connectivity index is 2.14. The van der Waals surface area contributed by atoms with Crippen LogP contribution in [0.3, 0.4) is 0 Å². The first kappa shape index (κ1) is 20.5. The first-order valence-corrected chi connectivity index (χ1v) is 9.44. The fourth-order valence-electron chi connectivity index (χ4n) is 2.72. The predicted octanol–water partition coefficient (Wildman–Crippen LogP) is 4.15. The Morgan fingerprint density at radius 3 is 2.62 bits per heavy atom. The fraction of sp³-hybridized carbons (Fsp3) is 0.789. The van der Waals surface area contributed by atoms with Crippen LogP contribution in [-0.2, 0) is 22.6 Å². The number of ketones is 2. The summed E-state index contributed by atoms with van der Waals surface area (Å²) in [6, 6.07) is 0. The molecule has 5 heteroatoms. The van der Waals surface area contributed by atoms with Gasteiger partial charge in [0, 0.05) is 31.5 Å². The highest BCUT2D eigenvalue weighted by molar-refractivity contribution is 5.80. The third-order valence-corrected chi connectivity index (χ3v) is 4.42. The third kappa shape index (κ3) is 8.94. The normalized spacial score (nSPS) is 12.3. The smallest absolute Gasteiger partial charge is 0.135 e. The second-order valence-electron chi connectivity index (χ2n) is 6.85. The van der Waals surface area contributed by atoms with Crippen molar-refractivity contribution in [3.8, 4) is 0 Å². The third-order valence-electron chi connectivity index (χ3n) is 4.42. The molecule has 0 saturated heterocycles. The largest absolute Gasteiger partial charge is 0.300 e. The van der Waals surface area contributed by atoms with Crippen LogP contribution in [0, 0.1) is 5.92 Å². The van der Waals surface area contributed by atoms with Gasteiger partial charge in [-0.15, -0.1) is 5.10 Å². The van der Waals surface area contributed by atoms with Crippen molar-refractivity contribution in [3.05, 3.63) is 11.9 Å². The minimum Gasteiger partial charge on any atom is -0.300 e. The molecule has 1 unspecified atom stereocenters. The van der Waals surface area contributed by atoms with Crippen LogP contribution in [0.2, 0.25) is 0 Å². The SMILES string of the molecule is CCCCCCC(C)C(=O)CCCCn1cc(CCC(C)=O)nn1. The van der Waals surface area contributed by atoms with E-state index in [9.17, 15) is 9.59 Å². The zero-order chi connectivity index (χ0) is 17.8. The summed E-state index contributed by atoms with van der Waals surface area (Å²) >= 11 is 0. The maximum absolute atomic E-state index is 12.1. The average Bonchev–Trinajstić information content (AvgIpc) is 3.01. The number of rotatable bonds is 14. The van der Waals surface area contributed by atoms with E-state index >= 15 is 0 Å². The van der Waals surface area contributed by atoms with E-state index in [4.69, 9.17) is 0 Å². The van der Waals surface area contributed by atoms with Gasteiger partial charge in [-0.1, -0.05) is 44.7 Å². The van der Waals surface area contributed by atoms with Gasteiger partial charge in [0.2, 0.25) is 0 Å². The highest BCUT2D eigenvalue weighted by Gasteiger charge is 2.12. The van der Waals surface area contributed by atoms with E-state index in [1.54, 1.807) is 6.92 Å². The van der Waals surface area contributed by atoms with Crippen LogP contribution < -0.4 is 0 Å². The minimum atomic E-state index is 0.173. The van der Waals surface area contributed by atoms with Crippen LogP contribution in [-0.4, -0.2) is 26.6 Å². The monoisotopic (exact) mass is 335 g/mol. The molecular weight excluding hydrogens is 302 g/mol. The number of aromatic nitrogens is 3. The first-order valence-electron chi connectivity index (χ1n) is 9.44. The van der Waals surface area contributed by atoms with Crippen molar-refractivity contribution in [2.45, 2.75) is 91.5 Å². The molecule has 1 aromatic rings. The molecule has 0 spiro atoms. The molecule has 0 amide bonds. The fourth-order valence-corrected chi connectivity index (χ4v) is 2.72. The van der Waals surface area contributed by atoms with E-state index < -0.39 is 0 Å². The Morgan fingerprint density at radius 2 is 1.92 bits per heavy atom. The number of nitrogens with zero attached hydrogens (tertiary/aromatic N) is 3. The summed E-state index contributed by atoms with van der Waals surface area (Å²) < 4.78 is 1.81. The van der Waals surface area contributed by atoms with Crippen molar-refractivity contribution in [3.63, 3.8) is 0 Å². The van der Waals surface area contributed by atoms with Crippen molar-refractivity contribution in [2.75, 3.05) is 0 Å². The van der Waals surface area contributed by atoms with Crippen LogP contribution in [0.1, 0.15) is 84.3 Å². The molecule has 0 saturated carbocycles. The molecule has 0 aliphatic carbocycles. The van der Waals surface area contributed by atoms with Gasteiger partial charge >= 0.3 is 0 Å². The van der Waals surface area contributed by atoms with Crippen molar-refractivity contribution in [2.24, 2.45) is 5.92 Å². The first-order chi connectivity index (χ1) is 11.5. The maximum atomic E-state index is 12.1. The van der Waals surface area contributed by atoms with E-state index in [-0.39, 0.29) is 11.7 Å². The number of Topliss-reactive ketones (excluding diaryl/α,β-unsaturated/α-hetero) is 2. The summed E-state index contributed by atoms with van der Waals surface area (Å²) in [6.07, 6.45) is 11.5. The molecular formula is C19H33N3O2. The van der Waals surface area contributed by atoms with Gasteiger partial charge in [0.25, 0.3) is 0 Å². The molecule has 0 aliphatic rings. The predicted molar refractivity (Wildman–Crippen MR) is 95.8 cm³/mol. The molecule has 0 aliphatic heterocycles. The summed E-state index contributed by atoms with van der Waals surface area (Å²) in [5.41, 5.74) is 0.863. The summed E-state index contributed by atoms with van der Waals surface area (Å²) in [5, 5.41) is 8.15. The van der Waals surface area contributed by atoms with Crippen LogP contribution in [0.15, 0.2) is 6.20 Å². The number of aryl methyl sites for hydroxylation is 2. The van der Waals surface area contributed by atoms with Gasteiger partial charge in [0.15, 0.2) is 0 Å². The minimum absolute atomic E-state index is 0.173. The van der Waals surface area contributed by atoms with Crippen LogP contribution in [0.25, 0.3) is 0 Å². The zero-order valence-electron chi connectivity index (χ0n) is 15.6. The van der Waals surface area contributed by atoms with E-state index in [0.29, 0.717) is 25.0 Å². The van der Waals surface area contributed by atoms with E-state index in [2.05, 4.69) is 24.2 Å². The molecule has 24 heavy (non-hydrogen) atoms. The van der Waals surface area contributed by atoms with Gasteiger partial charge in [-0.2, -0.15) is 0 Å². The lowest BCUT2D eigenvalue weighted by Crippen LogP contribution is -2.11. The van der Waals surface area contributed by atoms with Gasteiger partial charge < -0.3 is 4.79 Å². The zero-order valence-corrected chi connectivity index (χ0v) is 15.6. The number of carbonyl (C=O) groups is 2. The number of hydrogen-bond donors (Lipinski definition) is 0. The summed E-state index contributed by atoms with van der Waals surface area (Å²) in [6.45, 7) is 6.64. The number of hydrogen-bond acceptors (Lipinski definition) is 4. The maximum Gasteiger partial charge on any atom is 0.135 e. The van der Waals surface area contributed by atoms with Crippen LogP contribution in [0.4, 0.5) is 0 Å². The van der Waals surface area contributed by atoms with Crippen molar-refractivity contribution in [1.82, 2.24) is 15.0 Å². The van der Waals surface area contributed by atoms with Crippen LogP contribution >= 0.6 is 0 Å². The Hall–Kier alpha value is -1.52. The Morgan fingerprint density at radius 1 is 1.12 bits per heavy atom. The van der Waals surface area contributed by atoms with Crippen molar-refractivity contribution < 1.29 is 9.59 Å². The molecule has 1 rings (SSSR count). The van der Waals surface area contributed by atoms with Crippen LogP contribution in [0.5, 0.6) is 0 Å². The quantitative estimate of drug-likeness (QED) is 0.479. The molecule has 0 N–H and O–H groups in total. The highest BCUT2D eigenvalue weighted by atomic mass is 16.1. The molecule has 0 fully saturated rings. The van der Waals surface area contributed by atoms with Gasteiger partial charge in [0.05, 0.1) is 5.69 Å². The standard InChI is InChI=1S/C19H33N3O2/c1-4-5-6-7-10-16(2)19(24)11-8-9-14-22-15-18(20-21-22)13-12-17(3)23/h15-16H,4-14H2,1-3H3. The lowest BCUT2D eigenvalue weighted by atomic mass is 9.95. The summed E-state index contributed by atoms with van der Waals surface area (Å²) in [4.78, 5) is 23.1. The molecule has 0 aromatic carbocycles. The van der Waals surface area contributed by atoms with Crippen molar-refractivity contribution in [1.29, 1.82) is 0 Å². The molecule has 0 bridgehead atoms. The number of unbranched alkanes of at least 4 members (excludes halogenated alkanes) is 4. The van der Waals surface area contributed by atoms with E-state index in [1.165, 1.54) is 25.7 Å².